The Hall–Kier alpha value is -3.48. The van der Waals surface area contributed by atoms with E-state index in [1.165, 1.54) is 43.2 Å². The minimum Gasteiger partial charge on any atom is -0.481 e. The fourth-order valence-corrected chi connectivity index (χ4v) is 6.22. The summed E-state index contributed by atoms with van der Waals surface area (Å²) in [5, 5.41) is 18.9. The Labute approximate surface area is 224 Å². The van der Waals surface area contributed by atoms with E-state index in [1.54, 1.807) is 4.68 Å². The summed E-state index contributed by atoms with van der Waals surface area (Å²) >= 11 is 0. The van der Waals surface area contributed by atoms with Crippen molar-refractivity contribution in [1.82, 2.24) is 24.5 Å². The summed E-state index contributed by atoms with van der Waals surface area (Å²) in [5.41, 5.74) is 6.05. The van der Waals surface area contributed by atoms with Gasteiger partial charge in [0.2, 0.25) is 0 Å². The van der Waals surface area contributed by atoms with Crippen molar-refractivity contribution in [3.63, 3.8) is 0 Å². The summed E-state index contributed by atoms with van der Waals surface area (Å²) in [7, 11) is 1.87. The number of carboxylic acid groups (broad SMARTS) is 1. The summed E-state index contributed by atoms with van der Waals surface area (Å²) in [5.74, 6) is 0.688. The summed E-state index contributed by atoms with van der Waals surface area (Å²) in [6, 6.07) is 10.5. The van der Waals surface area contributed by atoms with E-state index in [2.05, 4.69) is 46.2 Å². The van der Waals surface area contributed by atoms with E-state index in [4.69, 9.17) is 4.98 Å². The van der Waals surface area contributed by atoms with Crippen molar-refractivity contribution in [2.75, 3.05) is 0 Å². The van der Waals surface area contributed by atoms with Gasteiger partial charge < -0.3 is 9.67 Å². The number of hydrogen-bond donors (Lipinski definition) is 1. The highest BCUT2D eigenvalue weighted by Gasteiger charge is 2.40. The molecule has 200 valence electrons. The van der Waals surface area contributed by atoms with Crippen LogP contribution in [-0.4, -0.2) is 35.6 Å². The van der Waals surface area contributed by atoms with Crippen LogP contribution >= 0.6 is 0 Å². The van der Waals surface area contributed by atoms with E-state index in [1.807, 2.05) is 46.1 Å². The van der Waals surface area contributed by atoms with Gasteiger partial charge in [0.25, 0.3) is 0 Å². The molecule has 1 fully saturated rings. The van der Waals surface area contributed by atoms with Gasteiger partial charge in [0, 0.05) is 38.3 Å². The quantitative estimate of drug-likeness (QED) is 0.303. The molecule has 0 saturated heterocycles. The Morgan fingerprint density at radius 3 is 2.63 bits per heavy atom. The molecule has 5 rings (SSSR count). The van der Waals surface area contributed by atoms with Crippen LogP contribution in [0.4, 0.5) is 0 Å². The van der Waals surface area contributed by atoms with Gasteiger partial charge in [-0.1, -0.05) is 61.6 Å². The Morgan fingerprint density at radius 2 is 1.89 bits per heavy atom. The molecular formula is C31H39N5O2. The van der Waals surface area contributed by atoms with Crippen molar-refractivity contribution in [2.45, 2.75) is 78.7 Å². The summed E-state index contributed by atoms with van der Waals surface area (Å²) in [6.07, 6.45) is 11.6. The minimum absolute atomic E-state index is 0.352. The largest absolute Gasteiger partial charge is 0.481 e. The first-order valence-corrected chi connectivity index (χ1v) is 13.8. The number of benzene rings is 2. The number of aromatic nitrogens is 5. The molecule has 2 heterocycles. The van der Waals surface area contributed by atoms with Gasteiger partial charge in [0.05, 0.1) is 10.9 Å². The molecule has 38 heavy (non-hydrogen) atoms. The first kappa shape index (κ1) is 26.1. The number of aryl methyl sites for hydroxylation is 3. The first-order chi connectivity index (χ1) is 18.2. The third-order valence-electron chi connectivity index (χ3n) is 8.71. The number of aliphatic carboxylic acids is 1. The second kappa shape index (κ2) is 10.4. The fourth-order valence-electron chi connectivity index (χ4n) is 6.22. The molecular weight excluding hydrogens is 474 g/mol. The lowest BCUT2D eigenvalue weighted by atomic mass is 9.69. The maximum atomic E-state index is 12.6. The van der Waals surface area contributed by atoms with Crippen LogP contribution < -0.4 is 0 Å². The Kier molecular flexibility index (Phi) is 7.12. The number of nitrogens with zero attached hydrogens (tertiary/aromatic N) is 5. The zero-order chi connectivity index (χ0) is 27.0. The molecule has 2 aromatic heterocycles. The number of carbonyl (C=O) groups is 1. The lowest BCUT2D eigenvalue weighted by molar-refractivity contribution is -0.147. The predicted octanol–water partition coefficient (Wildman–Crippen LogP) is 6.20. The molecule has 1 saturated carbocycles. The van der Waals surface area contributed by atoms with Crippen LogP contribution in [0.15, 0.2) is 42.7 Å². The SMILES string of the molecule is Cc1ccc(C(c2ccc3c(nnn3C)c2C)C(C)(C)C(=O)O)cc1Cn1ccnc1CC1CCCCC1. The number of carboxylic acids is 1. The van der Waals surface area contributed by atoms with E-state index in [-0.39, 0.29) is 5.92 Å². The number of hydrogen-bond acceptors (Lipinski definition) is 4. The molecule has 1 aliphatic rings. The van der Waals surface area contributed by atoms with Crippen molar-refractivity contribution in [3.05, 3.63) is 76.4 Å². The van der Waals surface area contributed by atoms with Crippen molar-refractivity contribution in [2.24, 2.45) is 18.4 Å². The van der Waals surface area contributed by atoms with E-state index in [9.17, 15) is 9.90 Å². The molecule has 0 aliphatic heterocycles. The van der Waals surface area contributed by atoms with Crippen LogP contribution in [0.3, 0.4) is 0 Å². The van der Waals surface area contributed by atoms with Gasteiger partial charge in [-0.25, -0.2) is 9.67 Å². The van der Waals surface area contributed by atoms with Crippen LogP contribution in [0.5, 0.6) is 0 Å². The van der Waals surface area contributed by atoms with E-state index in [0.717, 1.165) is 52.4 Å². The highest BCUT2D eigenvalue weighted by atomic mass is 16.4. The topological polar surface area (TPSA) is 85.8 Å². The van der Waals surface area contributed by atoms with Crippen molar-refractivity contribution in [1.29, 1.82) is 0 Å². The maximum absolute atomic E-state index is 12.6. The lowest BCUT2D eigenvalue weighted by Crippen LogP contribution is -2.32. The Morgan fingerprint density at radius 1 is 1.13 bits per heavy atom. The first-order valence-electron chi connectivity index (χ1n) is 13.8. The fraction of sp³-hybridized carbons (Fsp3) is 0.484. The zero-order valence-electron chi connectivity index (χ0n) is 23.2. The minimum atomic E-state index is -1.03. The van der Waals surface area contributed by atoms with Gasteiger partial charge in [-0.3, -0.25) is 4.79 Å². The Bertz CT molecular complexity index is 1460. The molecule has 0 radical (unpaired) electrons. The molecule has 0 spiro atoms. The third kappa shape index (κ3) is 4.86. The number of fused-ring (bicyclic) bond motifs is 1. The van der Waals surface area contributed by atoms with E-state index >= 15 is 0 Å². The predicted molar refractivity (Wildman–Crippen MR) is 149 cm³/mol. The highest BCUT2D eigenvalue weighted by molar-refractivity contribution is 5.81. The molecule has 1 aliphatic carbocycles. The molecule has 0 amide bonds. The second-order valence-corrected chi connectivity index (χ2v) is 11.7. The highest BCUT2D eigenvalue weighted by Crippen LogP contribution is 2.44. The average molecular weight is 514 g/mol. The number of rotatable bonds is 8. The smallest absolute Gasteiger partial charge is 0.310 e. The summed E-state index contributed by atoms with van der Waals surface area (Å²) < 4.78 is 4.03. The van der Waals surface area contributed by atoms with Gasteiger partial charge in [0.15, 0.2) is 0 Å². The summed E-state index contributed by atoms with van der Waals surface area (Å²) in [4.78, 5) is 17.3. The van der Waals surface area contributed by atoms with Gasteiger partial charge in [-0.2, -0.15) is 0 Å². The maximum Gasteiger partial charge on any atom is 0.310 e. The molecule has 0 bridgehead atoms. The third-order valence-corrected chi connectivity index (χ3v) is 8.71. The van der Waals surface area contributed by atoms with Crippen LogP contribution in [0.2, 0.25) is 0 Å². The average Bonchev–Trinajstić information content (AvgIpc) is 3.49. The second-order valence-electron chi connectivity index (χ2n) is 11.7. The molecule has 1 unspecified atom stereocenters. The molecule has 4 aromatic rings. The summed E-state index contributed by atoms with van der Waals surface area (Å²) in [6.45, 7) is 8.51. The van der Waals surface area contributed by atoms with Crippen molar-refractivity contribution < 1.29 is 9.90 Å². The molecule has 2 aromatic carbocycles. The van der Waals surface area contributed by atoms with E-state index < -0.39 is 11.4 Å². The van der Waals surface area contributed by atoms with Gasteiger partial charge >= 0.3 is 5.97 Å². The van der Waals surface area contributed by atoms with Crippen LogP contribution in [0, 0.1) is 25.2 Å². The molecule has 1 N–H and O–H groups in total. The monoisotopic (exact) mass is 513 g/mol. The normalized spacial score (nSPS) is 15.7. The molecule has 1 atom stereocenters. The molecule has 7 nitrogen and oxygen atoms in total. The van der Waals surface area contributed by atoms with E-state index in [0.29, 0.717) is 0 Å². The van der Waals surface area contributed by atoms with Gasteiger partial charge in [0.1, 0.15) is 11.3 Å². The van der Waals surface area contributed by atoms with Crippen molar-refractivity contribution >= 4 is 17.0 Å². The van der Waals surface area contributed by atoms with Crippen LogP contribution in [0.1, 0.15) is 85.5 Å². The van der Waals surface area contributed by atoms with Crippen molar-refractivity contribution in [3.8, 4) is 0 Å². The lowest BCUT2D eigenvalue weighted by Gasteiger charge is -2.33. The van der Waals surface area contributed by atoms with Crippen LogP contribution in [0.25, 0.3) is 11.0 Å². The number of imidazole rings is 1. The Balaban J connectivity index is 1.53. The molecule has 7 heteroatoms. The van der Waals surface area contributed by atoms with Gasteiger partial charge in [-0.15, -0.1) is 5.10 Å². The van der Waals surface area contributed by atoms with Gasteiger partial charge in [-0.05, 0) is 67.5 Å². The standard InChI is InChI=1S/C31H39N5O2/c1-20-11-12-23(18-24(20)19-36-16-15-32-27(36)17-22-9-7-6-8-10-22)28(31(3,4)30(37)38)25-13-14-26-29(21(25)2)33-34-35(26)5/h11-16,18,22,28H,6-10,17,19H2,1-5H3,(H,37,38). The van der Waals surface area contributed by atoms with Crippen LogP contribution in [-0.2, 0) is 24.8 Å². The zero-order valence-corrected chi connectivity index (χ0v) is 23.2.